The molecule has 3 unspecified atom stereocenters. The molecule has 0 spiro atoms. The molecule has 3 saturated carbocycles. The summed E-state index contributed by atoms with van der Waals surface area (Å²) >= 11 is 0. The van der Waals surface area contributed by atoms with Gasteiger partial charge in [0.1, 0.15) is 12.1 Å². The number of ether oxygens (including phenoxy) is 1. The van der Waals surface area contributed by atoms with Crippen molar-refractivity contribution >= 4 is 40.6 Å². The molecule has 6 rings (SSSR count). The predicted molar refractivity (Wildman–Crippen MR) is 232 cm³/mol. The molecular weight excluding hydrogens is 779 g/mol. The predicted octanol–water partition coefficient (Wildman–Crippen LogP) is 6.14. The highest BCUT2D eigenvalue weighted by atomic mass is 16.5. The summed E-state index contributed by atoms with van der Waals surface area (Å²) < 4.78 is 5.90. The number of amides is 1. The number of carbonyl (C=O) groups is 3. The van der Waals surface area contributed by atoms with E-state index in [1.54, 1.807) is 24.3 Å². The number of nitrogens with zero attached hydrogens (tertiary/aromatic N) is 3. The number of aliphatic hydroxyl groups is 2. The number of carboxylic acid groups (broad SMARTS) is 1. The molecule has 3 aliphatic carbocycles. The number of esters is 1. The van der Waals surface area contributed by atoms with Crippen molar-refractivity contribution in [3.8, 4) is 0 Å². The average Bonchev–Trinajstić information content (AvgIpc) is 3.56. The van der Waals surface area contributed by atoms with Crippen molar-refractivity contribution in [2.24, 2.45) is 23.2 Å². The molecule has 61 heavy (non-hydrogen) atoms. The van der Waals surface area contributed by atoms with Crippen LogP contribution in [0, 0.1) is 23.2 Å². The second-order valence-corrected chi connectivity index (χ2v) is 18.1. The number of fused-ring (bicyclic) bond motifs is 2. The first kappa shape index (κ1) is 45.1. The van der Waals surface area contributed by atoms with E-state index in [9.17, 15) is 34.5 Å². The van der Waals surface area contributed by atoms with Gasteiger partial charge in [-0.3, -0.25) is 19.4 Å². The van der Waals surface area contributed by atoms with Crippen molar-refractivity contribution in [1.82, 2.24) is 25.3 Å². The van der Waals surface area contributed by atoms with E-state index in [2.05, 4.69) is 57.1 Å². The lowest BCUT2D eigenvalue weighted by molar-refractivity contribution is -0.153. The summed E-state index contributed by atoms with van der Waals surface area (Å²) in [4.78, 5) is 65.5. The number of hydrogen-bond acceptors (Lipinski definition) is 12. The maximum Gasteiger partial charge on any atom is 0.328 e. The second kappa shape index (κ2) is 19.1. The van der Waals surface area contributed by atoms with E-state index >= 15 is 0 Å². The Morgan fingerprint density at radius 2 is 1.90 bits per heavy atom. The summed E-state index contributed by atoms with van der Waals surface area (Å²) in [7, 11) is 0. The Morgan fingerprint density at radius 1 is 1.15 bits per heavy atom. The van der Waals surface area contributed by atoms with Gasteiger partial charge in [0.2, 0.25) is 5.95 Å². The fraction of sp³-hybridized carbons (Fsp3) is 0.543. The number of carboxylic acids is 1. The maximum atomic E-state index is 13.6. The largest absolute Gasteiger partial charge is 0.481 e. The van der Waals surface area contributed by atoms with E-state index in [1.807, 2.05) is 19.9 Å². The van der Waals surface area contributed by atoms with E-state index in [4.69, 9.17) is 10.5 Å². The first-order valence-corrected chi connectivity index (χ1v) is 21.5. The van der Waals surface area contributed by atoms with Crippen LogP contribution >= 0.6 is 0 Å². The zero-order valence-corrected chi connectivity index (χ0v) is 35.7. The van der Waals surface area contributed by atoms with Gasteiger partial charge < -0.3 is 36.4 Å². The topological polar surface area (TPSA) is 243 Å². The Kier molecular flexibility index (Phi) is 14.1. The van der Waals surface area contributed by atoms with Crippen LogP contribution in [0.15, 0.2) is 70.7 Å². The van der Waals surface area contributed by atoms with Gasteiger partial charge in [0.05, 0.1) is 30.1 Å². The van der Waals surface area contributed by atoms with Crippen LogP contribution in [-0.2, 0) is 20.9 Å². The third kappa shape index (κ3) is 11.3. The molecule has 7 atom stereocenters. The van der Waals surface area contributed by atoms with Gasteiger partial charge in [-0.1, -0.05) is 51.0 Å². The number of nitrogen functional groups attached to an aromatic ring is 1. The molecule has 1 aromatic carbocycles. The van der Waals surface area contributed by atoms with Crippen LogP contribution in [0.5, 0.6) is 0 Å². The standard InChI is InChI=1S/C46H61N7O8/c1-26(8-6-20-45(3,4)60)34-16-17-35-28(9-7-21-46(34,35)5)10-11-30-22-33(23-37(54)27(30)2)61-43(59)36(18-19-38(55)56)51-41(57)29-12-14-31(15-13-29)48-24-32-25-49-40-39(50-32)42(58)53-44(47)52-40/h10-15,25-26,33-37,48,54,60H,2,6-9,16-24H2,1,3-5H3,(H,51,57)(H,55,56)(H3,47,49,52,53,58)/t26-,33-,34-,35?,36?,37?,46-/m1/s1. The van der Waals surface area contributed by atoms with E-state index in [1.165, 1.54) is 24.6 Å². The van der Waals surface area contributed by atoms with Crippen LogP contribution in [0.3, 0.4) is 0 Å². The summed E-state index contributed by atoms with van der Waals surface area (Å²) in [6.45, 7) is 13.0. The number of nitrogens with one attached hydrogen (secondary N) is 3. The lowest BCUT2D eigenvalue weighted by Crippen LogP contribution is -2.44. The molecule has 2 heterocycles. The van der Waals surface area contributed by atoms with Crippen LogP contribution in [0.25, 0.3) is 11.2 Å². The van der Waals surface area contributed by atoms with Gasteiger partial charge in [0, 0.05) is 30.5 Å². The van der Waals surface area contributed by atoms with E-state index < -0.39 is 47.3 Å². The number of rotatable bonds is 16. The highest BCUT2D eigenvalue weighted by Gasteiger charge is 2.50. The van der Waals surface area contributed by atoms with E-state index in [0.717, 1.165) is 44.1 Å². The Bertz CT molecular complexity index is 2230. The van der Waals surface area contributed by atoms with Crippen molar-refractivity contribution in [3.63, 3.8) is 0 Å². The molecule has 15 heteroatoms. The van der Waals surface area contributed by atoms with Crippen LogP contribution in [0.2, 0.25) is 0 Å². The third-order valence-corrected chi connectivity index (χ3v) is 13.0. The van der Waals surface area contributed by atoms with Gasteiger partial charge in [-0.25, -0.2) is 14.8 Å². The molecule has 0 saturated heterocycles. The second-order valence-electron chi connectivity index (χ2n) is 18.1. The number of benzene rings is 1. The molecule has 8 N–H and O–H groups in total. The fourth-order valence-electron chi connectivity index (χ4n) is 9.80. The molecule has 1 amide bonds. The molecule has 0 bridgehead atoms. The molecule has 15 nitrogen and oxygen atoms in total. The van der Waals surface area contributed by atoms with Gasteiger partial charge in [0.15, 0.2) is 11.2 Å². The SMILES string of the molecule is C=C1C(=CC=C2CCC[C@@]3(C)C2CC[C@@H]3[C@H](C)CCCC(C)(C)O)C[C@@H](OC(=O)C(CCC(=O)O)NC(=O)c2ccc(NCc3cnc4nc(N)[nH]c(=O)c4n3)cc2)CC1O. The van der Waals surface area contributed by atoms with E-state index in [0.29, 0.717) is 41.1 Å². The number of aliphatic carboxylic acids is 1. The third-order valence-electron chi connectivity index (χ3n) is 13.0. The zero-order valence-electron chi connectivity index (χ0n) is 35.7. The molecule has 3 fully saturated rings. The maximum absolute atomic E-state index is 13.6. The molecule has 3 aliphatic rings. The number of aromatic amines is 1. The van der Waals surface area contributed by atoms with Gasteiger partial charge in [-0.05, 0) is 117 Å². The summed E-state index contributed by atoms with van der Waals surface area (Å²) in [5.41, 5.74) is 8.95. The fourth-order valence-corrected chi connectivity index (χ4v) is 9.80. The highest BCUT2D eigenvalue weighted by molar-refractivity contribution is 5.97. The normalized spacial score (nSPS) is 25.2. The lowest BCUT2D eigenvalue weighted by atomic mass is 9.60. The van der Waals surface area contributed by atoms with Crippen molar-refractivity contribution < 1.29 is 34.4 Å². The molecule has 3 aromatic rings. The molecule has 2 aromatic heterocycles. The van der Waals surface area contributed by atoms with E-state index in [-0.39, 0.29) is 53.9 Å². The van der Waals surface area contributed by atoms with Crippen molar-refractivity contribution in [3.05, 3.63) is 87.5 Å². The monoisotopic (exact) mass is 839 g/mol. The number of hydrogen-bond donors (Lipinski definition) is 7. The molecular formula is C46H61N7O8. The first-order valence-electron chi connectivity index (χ1n) is 21.5. The number of carbonyl (C=O) groups excluding carboxylic acids is 2. The van der Waals surface area contributed by atoms with Crippen molar-refractivity contribution in [2.45, 2.75) is 135 Å². The average molecular weight is 840 g/mol. The number of allylic oxidation sites excluding steroid dienone is 3. The van der Waals surface area contributed by atoms with Crippen molar-refractivity contribution in [2.75, 3.05) is 11.1 Å². The minimum Gasteiger partial charge on any atom is -0.481 e. The molecule has 328 valence electrons. The Balaban J connectivity index is 1.07. The summed E-state index contributed by atoms with van der Waals surface area (Å²) in [5, 5.41) is 36.5. The minimum atomic E-state index is -1.24. The Morgan fingerprint density at radius 3 is 2.62 bits per heavy atom. The van der Waals surface area contributed by atoms with Gasteiger partial charge in [0.25, 0.3) is 11.5 Å². The van der Waals surface area contributed by atoms with Gasteiger partial charge in [-0.2, -0.15) is 4.98 Å². The van der Waals surface area contributed by atoms with Crippen LogP contribution in [-0.4, -0.2) is 77.0 Å². The highest BCUT2D eigenvalue weighted by Crippen LogP contribution is 2.60. The van der Waals surface area contributed by atoms with Crippen molar-refractivity contribution in [1.29, 1.82) is 0 Å². The molecule has 0 radical (unpaired) electrons. The number of anilines is 2. The number of aliphatic hydroxyl groups excluding tert-OH is 1. The van der Waals surface area contributed by atoms with Gasteiger partial charge >= 0.3 is 11.9 Å². The quantitative estimate of drug-likeness (QED) is 0.0803. The number of aromatic nitrogens is 4. The van der Waals surface area contributed by atoms with Crippen LogP contribution in [0.4, 0.5) is 11.6 Å². The minimum absolute atomic E-state index is 0.0532. The zero-order chi connectivity index (χ0) is 44.1. The number of nitrogens with two attached hydrogens (primary N) is 1. The summed E-state index contributed by atoms with van der Waals surface area (Å²) in [6, 6.07) is 5.17. The number of H-pyrrole nitrogens is 1. The van der Waals surface area contributed by atoms with Crippen LogP contribution in [0.1, 0.15) is 121 Å². The Hall–Kier alpha value is -5.41. The first-order chi connectivity index (χ1) is 28.9. The summed E-state index contributed by atoms with van der Waals surface area (Å²) in [6.07, 6.45) is 12.5. The lowest BCUT2D eigenvalue weighted by Gasteiger charge is -2.44. The smallest absolute Gasteiger partial charge is 0.328 e. The van der Waals surface area contributed by atoms with Crippen LogP contribution < -0.4 is 21.9 Å². The summed E-state index contributed by atoms with van der Waals surface area (Å²) in [5.74, 6) is -0.887. The Labute approximate surface area is 356 Å². The van der Waals surface area contributed by atoms with Gasteiger partial charge in [-0.15, -0.1) is 0 Å². The molecule has 0 aliphatic heterocycles.